The van der Waals surface area contributed by atoms with Crippen LogP contribution in [0.1, 0.15) is 0 Å². The zero-order chi connectivity index (χ0) is 0. The standard InChI is InChI=1S/FH.2Pt.2Ti/h1H;;;;/p-1. The van der Waals surface area contributed by atoms with Gasteiger partial charge in [-0.3, -0.25) is 0 Å². The molecule has 0 unspecified atom stereocenters. The van der Waals surface area contributed by atoms with Crippen LogP contribution in [0.2, 0.25) is 0 Å². The van der Waals surface area contributed by atoms with E-state index >= 15 is 0 Å². The van der Waals surface area contributed by atoms with Crippen molar-refractivity contribution >= 4 is 0 Å². The Morgan fingerprint density at radius 1 is 0.600 bits per heavy atom. The molecule has 0 bridgehead atoms. The van der Waals surface area contributed by atoms with Gasteiger partial charge in [0.25, 0.3) is 0 Å². The Kier molecular flexibility index (Phi) is 278. The molecule has 5 heavy (non-hydrogen) atoms. The molecule has 0 heterocycles. The maximum Gasteiger partial charge on any atom is 0 e. The smallest absolute Gasteiger partial charge is 0 e. The van der Waals surface area contributed by atoms with Crippen molar-refractivity contribution < 1.29 is 90.3 Å². The average Bonchev–Trinajstić information content (AvgIpc) is 0. The van der Waals surface area contributed by atoms with Crippen LogP contribution in [0, 0.1) is 0 Å². The molecule has 0 rings (SSSR count). The topological polar surface area (TPSA) is 0 Å². The summed E-state index contributed by atoms with van der Waals surface area (Å²) in [6.07, 6.45) is 0. The Morgan fingerprint density at radius 3 is 0.600 bits per heavy atom. The summed E-state index contributed by atoms with van der Waals surface area (Å²) in [5, 5.41) is 0. The molecule has 0 N–H and O–H groups in total. The van der Waals surface area contributed by atoms with Gasteiger partial charge < -0.3 is 4.70 Å². The van der Waals surface area contributed by atoms with Crippen molar-refractivity contribution in [2.24, 2.45) is 0 Å². The number of rotatable bonds is 0. The van der Waals surface area contributed by atoms with Crippen LogP contribution < -0.4 is 4.70 Å². The van der Waals surface area contributed by atoms with Gasteiger partial charge in [0.1, 0.15) is 0 Å². The Labute approximate surface area is 88.9 Å². The molecular formula is FPt2Ti2-. The van der Waals surface area contributed by atoms with E-state index in [1.807, 2.05) is 0 Å². The summed E-state index contributed by atoms with van der Waals surface area (Å²) in [5.41, 5.74) is 0. The zero-order valence-corrected chi connectivity index (χ0v) is 9.68. The van der Waals surface area contributed by atoms with Crippen molar-refractivity contribution in [2.75, 3.05) is 0 Å². The van der Waals surface area contributed by atoms with Crippen molar-refractivity contribution in [3.8, 4) is 0 Å². The van der Waals surface area contributed by atoms with Gasteiger partial charge in [0, 0.05) is 85.6 Å². The molecule has 0 aromatic heterocycles. The molecule has 0 nitrogen and oxygen atoms in total. The summed E-state index contributed by atoms with van der Waals surface area (Å²) < 4.78 is 0. The molecule has 0 aliphatic rings. The van der Waals surface area contributed by atoms with Crippen LogP contribution >= 0.6 is 0 Å². The summed E-state index contributed by atoms with van der Waals surface area (Å²) >= 11 is 0. The molecule has 0 aromatic rings. The van der Waals surface area contributed by atoms with E-state index in [0.717, 1.165) is 0 Å². The van der Waals surface area contributed by atoms with Crippen molar-refractivity contribution in [1.82, 2.24) is 0 Å². The van der Waals surface area contributed by atoms with E-state index in [0.29, 0.717) is 0 Å². The van der Waals surface area contributed by atoms with E-state index in [4.69, 9.17) is 0 Å². The Bertz CT molecular complexity index is 7.61. The SMILES string of the molecule is [F-].[Pt].[Pt].[Ti].[Ti]. The second-order valence-electron chi connectivity index (χ2n) is 0. The Morgan fingerprint density at radius 2 is 0.600 bits per heavy atom. The average molecular weight is 505 g/mol. The monoisotopic (exact) mass is 505 g/mol. The zero-order valence-electron chi connectivity index (χ0n) is 2.01. The fraction of sp³-hybridized carbons (Fsp3) is 0. The molecule has 0 aromatic carbocycles. The van der Waals surface area contributed by atoms with Gasteiger partial charge in [-0.05, 0) is 0 Å². The number of hydrogen-bond donors (Lipinski definition) is 0. The minimum Gasteiger partial charge on any atom is -1.00 e. The first-order valence-electron chi connectivity index (χ1n) is 0. The molecule has 0 amide bonds. The number of halogens is 1. The molecule has 36 valence electrons. The van der Waals surface area contributed by atoms with Gasteiger partial charge in [-0.25, -0.2) is 0 Å². The molecule has 0 fully saturated rings. The van der Waals surface area contributed by atoms with Crippen LogP contribution in [0.25, 0.3) is 0 Å². The predicted octanol–water partition coefficient (Wildman–Crippen LogP) is -3.01. The molecule has 0 saturated carbocycles. The Balaban J connectivity index is 0. The summed E-state index contributed by atoms with van der Waals surface area (Å²) in [5.74, 6) is 0. The van der Waals surface area contributed by atoms with E-state index in [1.54, 1.807) is 0 Å². The summed E-state index contributed by atoms with van der Waals surface area (Å²) in [6.45, 7) is 0. The first kappa shape index (κ1) is 46.9. The van der Waals surface area contributed by atoms with Crippen molar-refractivity contribution in [2.45, 2.75) is 0 Å². The van der Waals surface area contributed by atoms with Crippen LogP contribution in [0.5, 0.6) is 0 Å². The van der Waals surface area contributed by atoms with Crippen LogP contribution in [-0.4, -0.2) is 0 Å². The quantitative estimate of drug-likeness (QED) is 0.309. The largest absolute Gasteiger partial charge is 1.00 e. The molecule has 5 heteroatoms. The van der Waals surface area contributed by atoms with E-state index in [1.165, 1.54) is 0 Å². The van der Waals surface area contributed by atoms with E-state index < -0.39 is 0 Å². The molecule has 0 radical (unpaired) electrons. The van der Waals surface area contributed by atoms with Gasteiger partial charge in [-0.1, -0.05) is 0 Å². The van der Waals surface area contributed by atoms with Crippen molar-refractivity contribution in [3.63, 3.8) is 0 Å². The summed E-state index contributed by atoms with van der Waals surface area (Å²) in [7, 11) is 0. The van der Waals surface area contributed by atoms with E-state index in [2.05, 4.69) is 0 Å². The van der Waals surface area contributed by atoms with Gasteiger partial charge in [-0.15, -0.1) is 0 Å². The van der Waals surface area contributed by atoms with Crippen LogP contribution in [0.4, 0.5) is 0 Å². The van der Waals surface area contributed by atoms with Gasteiger partial charge in [0.15, 0.2) is 0 Å². The number of hydrogen-bond acceptors (Lipinski definition) is 0. The van der Waals surface area contributed by atoms with Gasteiger partial charge >= 0.3 is 0 Å². The third kappa shape index (κ3) is 20.2. The maximum atomic E-state index is 0. The van der Waals surface area contributed by atoms with E-state index in [9.17, 15) is 0 Å². The van der Waals surface area contributed by atoms with Crippen LogP contribution in [0.15, 0.2) is 0 Å². The minimum absolute atomic E-state index is 0. The molecule has 0 aliphatic carbocycles. The van der Waals surface area contributed by atoms with Crippen molar-refractivity contribution in [3.05, 3.63) is 0 Å². The van der Waals surface area contributed by atoms with Crippen LogP contribution in [0.3, 0.4) is 0 Å². The summed E-state index contributed by atoms with van der Waals surface area (Å²) in [4.78, 5) is 0. The van der Waals surface area contributed by atoms with Gasteiger partial charge in [0.05, 0.1) is 0 Å². The maximum absolute atomic E-state index is 0. The third-order valence-corrected chi connectivity index (χ3v) is 0. The Hall–Kier alpha value is 2.74. The summed E-state index contributed by atoms with van der Waals surface area (Å²) in [6, 6.07) is 0. The second kappa shape index (κ2) is 29.6. The van der Waals surface area contributed by atoms with Gasteiger partial charge in [-0.2, -0.15) is 0 Å². The molecule has 0 saturated heterocycles. The molecule has 0 atom stereocenters. The molecule has 0 aliphatic heterocycles. The fourth-order valence-electron chi connectivity index (χ4n) is 0. The van der Waals surface area contributed by atoms with E-state index in [-0.39, 0.29) is 90.3 Å². The normalized spacial score (nSPS) is 0. The first-order valence-corrected chi connectivity index (χ1v) is 0. The van der Waals surface area contributed by atoms with Crippen molar-refractivity contribution in [1.29, 1.82) is 0 Å². The second-order valence-corrected chi connectivity index (χ2v) is 0. The van der Waals surface area contributed by atoms with Crippen LogP contribution in [-0.2, 0) is 85.6 Å². The first-order chi connectivity index (χ1) is 0. The minimum atomic E-state index is 0. The van der Waals surface area contributed by atoms with Gasteiger partial charge in [0.2, 0.25) is 0 Å². The molecular weight excluding hydrogens is 505 g/mol. The third-order valence-electron chi connectivity index (χ3n) is 0. The fourth-order valence-corrected chi connectivity index (χ4v) is 0. The predicted molar refractivity (Wildman–Crippen MR) is 0 cm³/mol. The molecule has 0 spiro atoms.